The summed E-state index contributed by atoms with van der Waals surface area (Å²) >= 11 is 3.71. The lowest BCUT2D eigenvalue weighted by molar-refractivity contribution is 0.0830. The molecule has 2 nitrogen and oxygen atoms in total. The summed E-state index contributed by atoms with van der Waals surface area (Å²) in [5, 5.41) is 0. The van der Waals surface area contributed by atoms with E-state index < -0.39 is 0 Å². The number of thioether (sulfide) groups is 2. The van der Waals surface area contributed by atoms with Crippen molar-refractivity contribution in [3.8, 4) is 5.75 Å². The van der Waals surface area contributed by atoms with Crippen LogP contribution in [0, 0.1) is 13.8 Å². The minimum atomic E-state index is 0.150. The predicted octanol–water partition coefficient (Wildman–Crippen LogP) is 14.2. The second-order valence-corrected chi connectivity index (χ2v) is 16.2. The molecule has 270 valence electrons. The van der Waals surface area contributed by atoms with Crippen LogP contribution >= 0.6 is 23.5 Å². The van der Waals surface area contributed by atoms with Gasteiger partial charge >= 0.3 is 0 Å². The zero-order valence-electron chi connectivity index (χ0n) is 31.5. The van der Waals surface area contributed by atoms with Crippen molar-refractivity contribution < 1.29 is 9.47 Å². The molecule has 6 rings (SSSR count). The monoisotopic (exact) mass is 726 g/mol. The van der Waals surface area contributed by atoms with E-state index in [9.17, 15) is 0 Å². The smallest absolute Gasteiger partial charge is 0.119 e. The maximum Gasteiger partial charge on any atom is 0.119 e. The molecule has 0 spiro atoms. The number of ether oxygens (including phenoxy) is 2. The van der Waals surface area contributed by atoms with E-state index in [1.165, 1.54) is 103 Å². The molecule has 3 aromatic carbocycles. The highest BCUT2D eigenvalue weighted by molar-refractivity contribution is 8.16. The molecule has 0 aromatic heterocycles. The Kier molecular flexibility index (Phi) is 14.2. The first-order valence-electron chi connectivity index (χ1n) is 19.3. The molecule has 3 aliphatic rings. The lowest BCUT2D eigenvalue weighted by Gasteiger charge is -2.24. The average Bonchev–Trinajstić information content (AvgIpc) is 3.18. The van der Waals surface area contributed by atoms with Crippen LogP contribution in [0.1, 0.15) is 99.5 Å². The molecule has 1 unspecified atom stereocenters. The van der Waals surface area contributed by atoms with Crippen molar-refractivity contribution in [1.82, 2.24) is 0 Å². The molecular formula is C48H54O2S2. The van der Waals surface area contributed by atoms with Crippen LogP contribution < -0.4 is 4.74 Å². The highest BCUT2D eigenvalue weighted by atomic mass is 32.2. The number of hydrogen-bond acceptors (Lipinski definition) is 4. The third-order valence-electron chi connectivity index (χ3n) is 9.67. The lowest BCUT2D eigenvalue weighted by Crippen LogP contribution is -2.13. The van der Waals surface area contributed by atoms with Gasteiger partial charge in [0.1, 0.15) is 5.75 Å². The van der Waals surface area contributed by atoms with Crippen molar-refractivity contribution in [3.05, 3.63) is 165 Å². The molecule has 0 saturated carbocycles. The zero-order chi connectivity index (χ0) is 36.1. The number of rotatable bonds is 16. The van der Waals surface area contributed by atoms with Crippen LogP contribution in [0.15, 0.2) is 137 Å². The molecule has 1 aliphatic carbocycles. The molecule has 4 heteroatoms. The molecule has 0 bridgehead atoms. The van der Waals surface area contributed by atoms with Crippen molar-refractivity contribution in [3.63, 3.8) is 0 Å². The van der Waals surface area contributed by atoms with Crippen LogP contribution in [0.3, 0.4) is 0 Å². The Labute approximate surface area is 321 Å². The molecule has 0 N–H and O–H groups in total. The summed E-state index contributed by atoms with van der Waals surface area (Å²) in [4.78, 5) is 5.04. The Morgan fingerprint density at radius 3 is 1.54 bits per heavy atom. The molecule has 0 radical (unpaired) electrons. The van der Waals surface area contributed by atoms with Crippen LogP contribution in [0.5, 0.6) is 5.75 Å². The molecule has 3 aromatic rings. The van der Waals surface area contributed by atoms with Crippen molar-refractivity contribution >= 4 is 38.2 Å². The van der Waals surface area contributed by atoms with Gasteiger partial charge in [0.25, 0.3) is 0 Å². The molecule has 1 atom stereocenters. The Hall–Kier alpha value is -3.70. The topological polar surface area (TPSA) is 18.5 Å². The van der Waals surface area contributed by atoms with Crippen LogP contribution in [0.2, 0.25) is 0 Å². The predicted molar refractivity (Wildman–Crippen MR) is 228 cm³/mol. The quantitative estimate of drug-likeness (QED) is 0.137. The number of allylic oxidation sites excluding steroid dienone is 8. The van der Waals surface area contributed by atoms with E-state index in [1.54, 1.807) is 0 Å². The van der Waals surface area contributed by atoms with Crippen LogP contribution in [0.25, 0.3) is 14.7 Å². The molecule has 0 fully saturated rings. The summed E-state index contributed by atoms with van der Waals surface area (Å²) in [5.74, 6) is 0.940. The molecular weight excluding hydrogens is 673 g/mol. The van der Waals surface area contributed by atoms with Crippen LogP contribution in [-0.4, -0.2) is 19.3 Å². The normalized spacial score (nSPS) is 17.3. The van der Waals surface area contributed by atoms with Crippen molar-refractivity contribution in [2.24, 2.45) is 0 Å². The maximum absolute atomic E-state index is 6.24. The number of benzene rings is 3. The Bertz CT molecular complexity index is 1800. The first kappa shape index (κ1) is 38.0. The molecule has 0 saturated heterocycles. The van der Waals surface area contributed by atoms with Gasteiger partial charge in [-0.1, -0.05) is 166 Å². The first-order valence-corrected chi connectivity index (χ1v) is 21.0. The minimum Gasteiger partial charge on any atom is -0.494 e. The van der Waals surface area contributed by atoms with E-state index in [2.05, 4.69) is 143 Å². The van der Waals surface area contributed by atoms with Gasteiger partial charge in [-0.3, -0.25) is 0 Å². The molecule has 2 heterocycles. The summed E-state index contributed by atoms with van der Waals surface area (Å²) < 4.78 is 12.4. The van der Waals surface area contributed by atoms with E-state index in [1.807, 2.05) is 23.5 Å². The van der Waals surface area contributed by atoms with E-state index in [-0.39, 0.29) is 6.10 Å². The second-order valence-electron chi connectivity index (χ2n) is 14.0. The summed E-state index contributed by atoms with van der Waals surface area (Å²) in [7, 11) is 0. The fraction of sp³-hybridized carbons (Fsp3) is 0.333. The highest BCUT2D eigenvalue weighted by Gasteiger charge is 2.22. The minimum absolute atomic E-state index is 0.150. The SMILES string of the molecule is CCCCCCOc1ccc(C2=CC(=C3C=C(c4ccc(C)cc4)SC(c4ccc(C)cc4)=C3)C=C(C3=CCC(OCCCCCC)C=C3)S2)cc1. The second kappa shape index (κ2) is 19.4. The van der Waals surface area contributed by atoms with Crippen LogP contribution in [-0.2, 0) is 4.74 Å². The van der Waals surface area contributed by atoms with Gasteiger partial charge in [-0.15, -0.1) is 0 Å². The van der Waals surface area contributed by atoms with Gasteiger partial charge in [0.15, 0.2) is 0 Å². The average molecular weight is 727 g/mol. The van der Waals surface area contributed by atoms with Gasteiger partial charge in [0.2, 0.25) is 0 Å². The van der Waals surface area contributed by atoms with Gasteiger partial charge in [-0.05, 0) is 103 Å². The largest absolute Gasteiger partial charge is 0.494 e. The van der Waals surface area contributed by atoms with Gasteiger partial charge in [0.05, 0.1) is 12.7 Å². The van der Waals surface area contributed by atoms with Crippen molar-refractivity contribution in [1.29, 1.82) is 0 Å². The third kappa shape index (κ3) is 10.7. The van der Waals surface area contributed by atoms with E-state index >= 15 is 0 Å². The fourth-order valence-electron chi connectivity index (χ4n) is 6.45. The Balaban J connectivity index is 1.34. The summed E-state index contributed by atoms with van der Waals surface area (Å²) in [6.07, 6.45) is 27.2. The zero-order valence-corrected chi connectivity index (χ0v) is 33.1. The first-order chi connectivity index (χ1) is 25.5. The Morgan fingerprint density at radius 1 is 0.558 bits per heavy atom. The molecule has 52 heavy (non-hydrogen) atoms. The Morgan fingerprint density at radius 2 is 1.04 bits per heavy atom. The van der Waals surface area contributed by atoms with Gasteiger partial charge in [0, 0.05) is 26.2 Å². The number of hydrogen-bond donors (Lipinski definition) is 0. The van der Waals surface area contributed by atoms with Gasteiger partial charge in [-0.25, -0.2) is 0 Å². The molecule has 2 aliphatic heterocycles. The van der Waals surface area contributed by atoms with E-state index in [0.29, 0.717) is 0 Å². The summed E-state index contributed by atoms with van der Waals surface area (Å²) in [6.45, 7) is 10.4. The number of aryl methyl sites for hydroxylation is 2. The lowest BCUT2D eigenvalue weighted by atomic mass is 9.98. The van der Waals surface area contributed by atoms with Crippen molar-refractivity contribution in [2.75, 3.05) is 13.2 Å². The highest BCUT2D eigenvalue weighted by Crippen LogP contribution is 2.48. The van der Waals surface area contributed by atoms with Gasteiger partial charge in [-0.2, -0.15) is 0 Å². The fourth-order valence-corrected chi connectivity index (χ4v) is 8.69. The van der Waals surface area contributed by atoms with Crippen LogP contribution in [0.4, 0.5) is 0 Å². The summed E-state index contributed by atoms with van der Waals surface area (Å²) in [5.41, 5.74) is 9.95. The standard InChI is InChI=1S/C48H54O2S2/c1-5-7-9-11-29-49-43-25-21-39(22-26-43)47-33-42(34-48(52-47)40-23-27-44(28-24-40)50-30-12-10-8-6-2)41-31-45(37-17-13-35(3)14-18-37)51-46(32-41)38-19-15-36(4)16-20-38/h13-27,31-34,44H,5-12,28-30H2,1-4H3. The summed E-state index contributed by atoms with van der Waals surface area (Å²) in [6, 6.07) is 26.6. The van der Waals surface area contributed by atoms with Crippen molar-refractivity contribution in [2.45, 2.75) is 91.6 Å². The molecule has 0 amide bonds. The van der Waals surface area contributed by atoms with Gasteiger partial charge < -0.3 is 9.47 Å². The van der Waals surface area contributed by atoms with E-state index in [0.717, 1.165) is 38.2 Å². The van der Waals surface area contributed by atoms with E-state index in [4.69, 9.17) is 9.47 Å². The number of unbranched alkanes of at least 4 members (excludes halogenated alkanes) is 6. The maximum atomic E-state index is 6.24. The third-order valence-corrected chi connectivity index (χ3v) is 12.0.